The van der Waals surface area contributed by atoms with Crippen LogP contribution in [0.3, 0.4) is 0 Å². The van der Waals surface area contributed by atoms with Gasteiger partial charge in [0.2, 0.25) is 5.76 Å². The van der Waals surface area contributed by atoms with Crippen molar-refractivity contribution in [1.82, 2.24) is 10.3 Å². The zero-order valence-electron chi connectivity index (χ0n) is 11.1. The molecule has 0 fully saturated rings. The van der Waals surface area contributed by atoms with Gasteiger partial charge in [0.1, 0.15) is 10.8 Å². The Morgan fingerprint density at radius 2 is 2.32 bits per heavy atom. The monoisotopic (exact) mass is 280 g/mol. The van der Waals surface area contributed by atoms with Crippen LogP contribution in [0.4, 0.5) is 0 Å². The molecule has 2 aromatic heterocycles. The first-order valence-electron chi connectivity index (χ1n) is 5.95. The molecule has 0 aliphatic carbocycles. The first-order chi connectivity index (χ1) is 8.97. The molecular weight excluding hydrogens is 264 g/mol. The molecule has 1 atom stereocenters. The Morgan fingerprint density at radius 1 is 1.58 bits per heavy atom. The largest absolute Gasteiger partial charge is 0.475 e. The maximum atomic E-state index is 10.9. The average Bonchev–Trinajstić information content (AvgIpc) is 2.92. The van der Waals surface area contributed by atoms with Crippen LogP contribution < -0.4 is 5.32 Å². The summed E-state index contributed by atoms with van der Waals surface area (Å²) in [6.45, 7) is 6.19. The highest BCUT2D eigenvalue weighted by Gasteiger charge is 2.15. The fourth-order valence-electron chi connectivity index (χ4n) is 1.76. The topological polar surface area (TPSA) is 75.4 Å². The SMILES string of the molecule is Cc1csc(C(C)NCc2cc(C)c(C(=O)O)o2)n1. The number of aromatic nitrogens is 1. The molecule has 0 aliphatic rings. The van der Waals surface area contributed by atoms with Gasteiger partial charge in [-0.2, -0.15) is 0 Å². The van der Waals surface area contributed by atoms with Gasteiger partial charge in [0.15, 0.2) is 0 Å². The lowest BCUT2D eigenvalue weighted by atomic mass is 10.2. The number of carbonyl (C=O) groups is 1. The molecule has 2 N–H and O–H groups in total. The van der Waals surface area contributed by atoms with E-state index in [2.05, 4.69) is 10.3 Å². The van der Waals surface area contributed by atoms with Crippen LogP contribution in [0.25, 0.3) is 0 Å². The Balaban J connectivity index is 1.99. The highest BCUT2D eigenvalue weighted by atomic mass is 32.1. The Hall–Kier alpha value is -1.66. The third-order valence-electron chi connectivity index (χ3n) is 2.75. The Kier molecular flexibility index (Phi) is 4.01. The molecule has 2 rings (SSSR count). The second kappa shape index (κ2) is 5.54. The summed E-state index contributed by atoms with van der Waals surface area (Å²) in [5.74, 6) is -0.406. The smallest absolute Gasteiger partial charge is 0.372 e. The van der Waals surface area contributed by atoms with Gasteiger partial charge in [-0.05, 0) is 26.8 Å². The summed E-state index contributed by atoms with van der Waals surface area (Å²) in [6, 6.07) is 1.85. The fourth-order valence-corrected chi connectivity index (χ4v) is 2.59. The number of nitrogens with zero attached hydrogens (tertiary/aromatic N) is 1. The van der Waals surface area contributed by atoms with E-state index in [1.807, 2.05) is 19.2 Å². The predicted octanol–water partition coefficient (Wildman–Crippen LogP) is 2.90. The van der Waals surface area contributed by atoms with Gasteiger partial charge < -0.3 is 14.8 Å². The van der Waals surface area contributed by atoms with Crippen molar-refractivity contribution >= 4 is 17.3 Å². The van der Waals surface area contributed by atoms with Crippen LogP contribution in [-0.2, 0) is 6.54 Å². The van der Waals surface area contributed by atoms with Crippen molar-refractivity contribution in [3.8, 4) is 0 Å². The summed E-state index contributed by atoms with van der Waals surface area (Å²) in [4.78, 5) is 15.3. The van der Waals surface area contributed by atoms with Crippen LogP contribution in [0.15, 0.2) is 15.9 Å². The number of furan rings is 1. The molecule has 0 aliphatic heterocycles. The molecule has 5 nitrogen and oxygen atoms in total. The van der Waals surface area contributed by atoms with E-state index in [4.69, 9.17) is 9.52 Å². The first-order valence-corrected chi connectivity index (χ1v) is 6.83. The number of rotatable bonds is 5. The summed E-state index contributed by atoms with van der Waals surface area (Å²) in [5, 5.41) is 15.2. The molecule has 0 amide bonds. The van der Waals surface area contributed by atoms with Crippen LogP contribution in [0, 0.1) is 13.8 Å². The van der Waals surface area contributed by atoms with Crippen LogP contribution in [-0.4, -0.2) is 16.1 Å². The van der Waals surface area contributed by atoms with Gasteiger partial charge in [0.25, 0.3) is 0 Å². The molecule has 102 valence electrons. The number of carboxylic acid groups (broad SMARTS) is 1. The number of thiazole rings is 1. The van der Waals surface area contributed by atoms with Crippen molar-refractivity contribution < 1.29 is 14.3 Å². The van der Waals surface area contributed by atoms with E-state index < -0.39 is 5.97 Å². The van der Waals surface area contributed by atoms with E-state index in [0.717, 1.165) is 10.7 Å². The summed E-state index contributed by atoms with van der Waals surface area (Å²) in [6.07, 6.45) is 0. The quantitative estimate of drug-likeness (QED) is 0.880. The van der Waals surface area contributed by atoms with Crippen LogP contribution in [0.1, 0.15) is 45.5 Å². The molecule has 6 heteroatoms. The molecule has 2 heterocycles. The van der Waals surface area contributed by atoms with Crippen molar-refractivity contribution in [2.24, 2.45) is 0 Å². The summed E-state index contributed by atoms with van der Waals surface area (Å²) in [7, 11) is 0. The number of aromatic carboxylic acids is 1. The van der Waals surface area contributed by atoms with Gasteiger partial charge in [0.05, 0.1) is 12.6 Å². The summed E-state index contributed by atoms with van der Waals surface area (Å²) < 4.78 is 5.29. The Bertz CT molecular complexity index is 588. The normalized spacial score (nSPS) is 12.6. The molecule has 19 heavy (non-hydrogen) atoms. The average molecular weight is 280 g/mol. The highest BCUT2D eigenvalue weighted by Crippen LogP contribution is 2.19. The number of carboxylic acids is 1. The van der Waals surface area contributed by atoms with E-state index in [9.17, 15) is 4.79 Å². The molecule has 0 aromatic carbocycles. The molecule has 0 saturated heterocycles. The molecule has 1 unspecified atom stereocenters. The summed E-state index contributed by atoms with van der Waals surface area (Å²) in [5.41, 5.74) is 1.65. The Morgan fingerprint density at radius 3 is 2.84 bits per heavy atom. The molecule has 0 saturated carbocycles. The number of nitrogens with one attached hydrogen (secondary N) is 1. The zero-order valence-corrected chi connectivity index (χ0v) is 11.9. The molecule has 0 bridgehead atoms. The minimum Gasteiger partial charge on any atom is -0.475 e. The van der Waals surface area contributed by atoms with Crippen molar-refractivity contribution in [1.29, 1.82) is 0 Å². The lowest BCUT2D eigenvalue weighted by Crippen LogP contribution is -2.17. The van der Waals surface area contributed by atoms with Gasteiger partial charge in [-0.3, -0.25) is 0 Å². The second-order valence-electron chi connectivity index (χ2n) is 4.46. The van der Waals surface area contributed by atoms with Crippen molar-refractivity contribution in [2.45, 2.75) is 33.4 Å². The lowest BCUT2D eigenvalue weighted by molar-refractivity contribution is 0.0659. The van der Waals surface area contributed by atoms with E-state index >= 15 is 0 Å². The van der Waals surface area contributed by atoms with Crippen LogP contribution >= 0.6 is 11.3 Å². The third-order valence-corrected chi connectivity index (χ3v) is 3.90. The minimum atomic E-state index is -1.03. The molecular formula is C13H16N2O3S. The van der Waals surface area contributed by atoms with E-state index in [1.165, 1.54) is 0 Å². The molecule has 2 aromatic rings. The highest BCUT2D eigenvalue weighted by molar-refractivity contribution is 7.09. The van der Waals surface area contributed by atoms with Crippen LogP contribution in [0.2, 0.25) is 0 Å². The maximum Gasteiger partial charge on any atom is 0.372 e. The number of hydrogen-bond donors (Lipinski definition) is 2. The second-order valence-corrected chi connectivity index (χ2v) is 5.35. The van der Waals surface area contributed by atoms with Crippen LogP contribution in [0.5, 0.6) is 0 Å². The number of hydrogen-bond acceptors (Lipinski definition) is 5. The predicted molar refractivity (Wildman–Crippen MR) is 72.5 cm³/mol. The van der Waals surface area contributed by atoms with Gasteiger partial charge in [-0.1, -0.05) is 0 Å². The van der Waals surface area contributed by atoms with Gasteiger partial charge >= 0.3 is 5.97 Å². The fraction of sp³-hybridized carbons (Fsp3) is 0.385. The lowest BCUT2D eigenvalue weighted by Gasteiger charge is -2.09. The van der Waals surface area contributed by atoms with Gasteiger partial charge in [-0.25, -0.2) is 9.78 Å². The van der Waals surface area contributed by atoms with E-state index in [0.29, 0.717) is 17.9 Å². The van der Waals surface area contributed by atoms with Gasteiger partial charge in [0, 0.05) is 16.6 Å². The van der Waals surface area contributed by atoms with Gasteiger partial charge in [-0.15, -0.1) is 11.3 Å². The minimum absolute atomic E-state index is 0.00884. The van der Waals surface area contributed by atoms with E-state index in [-0.39, 0.29) is 11.8 Å². The molecule has 0 spiro atoms. The molecule has 0 radical (unpaired) electrons. The first kappa shape index (κ1) is 13.8. The standard InChI is InChI=1S/C13H16N2O3S/c1-7-4-10(18-11(7)13(16)17)5-14-9(3)12-15-8(2)6-19-12/h4,6,9,14H,5H2,1-3H3,(H,16,17). The Labute approximate surface area is 115 Å². The van der Waals surface area contributed by atoms with Crippen molar-refractivity contribution in [2.75, 3.05) is 0 Å². The van der Waals surface area contributed by atoms with Crippen molar-refractivity contribution in [3.05, 3.63) is 39.2 Å². The maximum absolute atomic E-state index is 10.9. The summed E-state index contributed by atoms with van der Waals surface area (Å²) >= 11 is 1.61. The zero-order chi connectivity index (χ0) is 14.0. The third kappa shape index (κ3) is 3.21. The van der Waals surface area contributed by atoms with E-state index in [1.54, 1.807) is 24.3 Å². The number of aryl methyl sites for hydroxylation is 2. The van der Waals surface area contributed by atoms with Crippen molar-refractivity contribution in [3.63, 3.8) is 0 Å².